The molecular formula is C11H14N4. The monoisotopic (exact) mass is 202 g/mol. The molecule has 0 spiro atoms. The lowest BCUT2D eigenvalue weighted by molar-refractivity contribution is 0.923. The number of rotatable bonds is 2. The third-order valence-corrected chi connectivity index (χ3v) is 2.78. The van der Waals surface area contributed by atoms with Gasteiger partial charge in [0.2, 0.25) is 0 Å². The molecule has 0 bridgehead atoms. The molecule has 2 aromatic rings. The highest BCUT2D eigenvalue weighted by atomic mass is 15.2. The van der Waals surface area contributed by atoms with E-state index in [9.17, 15) is 0 Å². The molecule has 3 rings (SSSR count). The summed E-state index contributed by atoms with van der Waals surface area (Å²) in [7, 11) is 4.04. The number of nitrogens with one attached hydrogen (secondary N) is 1. The third kappa shape index (κ3) is 1.37. The fourth-order valence-electron chi connectivity index (χ4n) is 1.81. The maximum absolute atomic E-state index is 4.63. The number of anilines is 1. The molecule has 0 aromatic carbocycles. The second-order valence-electron chi connectivity index (χ2n) is 4.31. The second-order valence-corrected chi connectivity index (χ2v) is 4.31. The van der Waals surface area contributed by atoms with Gasteiger partial charge in [-0.05, 0) is 18.9 Å². The Morgan fingerprint density at radius 2 is 2.13 bits per heavy atom. The summed E-state index contributed by atoms with van der Waals surface area (Å²) >= 11 is 0. The first-order chi connectivity index (χ1) is 7.25. The lowest BCUT2D eigenvalue weighted by atomic mass is 10.3. The van der Waals surface area contributed by atoms with Crippen molar-refractivity contribution in [1.29, 1.82) is 0 Å². The van der Waals surface area contributed by atoms with Crippen molar-refractivity contribution in [2.75, 3.05) is 19.0 Å². The number of aromatic amines is 1. The zero-order chi connectivity index (χ0) is 10.4. The molecule has 15 heavy (non-hydrogen) atoms. The topological polar surface area (TPSA) is 44.8 Å². The van der Waals surface area contributed by atoms with E-state index in [1.54, 1.807) is 0 Å². The van der Waals surface area contributed by atoms with E-state index < -0.39 is 0 Å². The van der Waals surface area contributed by atoms with Crippen LogP contribution in [0.4, 0.5) is 5.82 Å². The van der Waals surface area contributed by atoms with E-state index in [1.807, 2.05) is 31.3 Å². The maximum atomic E-state index is 4.63. The summed E-state index contributed by atoms with van der Waals surface area (Å²) in [5, 5.41) is 1.10. The maximum Gasteiger partial charge on any atom is 0.143 e. The number of aromatic nitrogens is 3. The molecule has 4 nitrogen and oxygen atoms in total. The van der Waals surface area contributed by atoms with Gasteiger partial charge >= 0.3 is 0 Å². The first-order valence-corrected chi connectivity index (χ1v) is 5.28. The Hall–Kier alpha value is -1.58. The van der Waals surface area contributed by atoms with Crippen LogP contribution in [0.2, 0.25) is 0 Å². The Kier molecular flexibility index (Phi) is 1.71. The lowest BCUT2D eigenvalue weighted by Gasteiger charge is -2.13. The van der Waals surface area contributed by atoms with E-state index in [-0.39, 0.29) is 0 Å². The van der Waals surface area contributed by atoms with Gasteiger partial charge in [-0.25, -0.2) is 9.97 Å². The zero-order valence-corrected chi connectivity index (χ0v) is 8.99. The summed E-state index contributed by atoms with van der Waals surface area (Å²) in [6.45, 7) is 0. The van der Waals surface area contributed by atoms with Crippen molar-refractivity contribution in [1.82, 2.24) is 15.0 Å². The smallest absolute Gasteiger partial charge is 0.143 e. The highest BCUT2D eigenvalue weighted by Gasteiger charge is 2.27. The van der Waals surface area contributed by atoms with Crippen LogP contribution >= 0.6 is 0 Å². The SMILES string of the molecule is CN(C)c1nc(C2CC2)nc2[nH]ccc12. The van der Waals surface area contributed by atoms with E-state index >= 15 is 0 Å². The number of nitrogens with zero attached hydrogens (tertiary/aromatic N) is 3. The Bertz CT molecular complexity index is 496. The van der Waals surface area contributed by atoms with Crippen LogP contribution in [-0.4, -0.2) is 29.0 Å². The molecule has 2 heterocycles. The Morgan fingerprint density at radius 3 is 2.80 bits per heavy atom. The Labute approximate surface area is 88.3 Å². The second kappa shape index (κ2) is 2.95. The highest BCUT2D eigenvalue weighted by Crippen LogP contribution is 2.39. The van der Waals surface area contributed by atoms with Crippen molar-refractivity contribution in [2.24, 2.45) is 0 Å². The predicted molar refractivity (Wildman–Crippen MR) is 60.2 cm³/mol. The molecule has 0 unspecified atom stereocenters. The van der Waals surface area contributed by atoms with Crippen molar-refractivity contribution in [3.8, 4) is 0 Å². The van der Waals surface area contributed by atoms with E-state index in [1.165, 1.54) is 12.8 Å². The van der Waals surface area contributed by atoms with E-state index in [0.717, 1.165) is 22.7 Å². The first-order valence-electron chi connectivity index (χ1n) is 5.28. The van der Waals surface area contributed by atoms with Gasteiger partial charge in [-0.2, -0.15) is 0 Å². The summed E-state index contributed by atoms with van der Waals surface area (Å²) in [6.07, 6.45) is 4.39. The summed E-state index contributed by atoms with van der Waals surface area (Å²) in [6, 6.07) is 2.03. The average Bonchev–Trinajstić information content (AvgIpc) is 2.95. The third-order valence-electron chi connectivity index (χ3n) is 2.78. The normalized spacial score (nSPS) is 15.9. The summed E-state index contributed by atoms with van der Waals surface area (Å²) in [5.74, 6) is 2.60. The average molecular weight is 202 g/mol. The van der Waals surface area contributed by atoms with E-state index in [0.29, 0.717) is 5.92 Å². The van der Waals surface area contributed by atoms with Gasteiger partial charge in [0.25, 0.3) is 0 Å². The number of hydrogen-bond acceptors (Lipinski definition) is 3. The molecule has 4 heteroatoms. The van der Waals surface area contributed by atoms with Crippen molar-refractivity contribution >= 4 is 16.9 Å². The summed E-state index contributed by atoms with van der Waals surface area (Å²) < 4.78 is 0. The molecule has 0 amide bonds. The van der Waals surface area contributed by atoms with Crippen LogP contribution in [0, 0.1) is 0 Å². The largest absolute Gasteiger partial charge is 0.362 e. The highest BCUT2D eigenvalue weighted by molar-refractivity contribution is 5.87. The molecule has 1 fully saturated rings. The van der Waals surface area contributed by atoms with Gasteiger partial charge in [0.05, 0.1) is 5.39 Å². The minimum absolute atomic E-state index is 0.594. The van der Waals surface area contributed by atoms with Crippen molar-refractivity contribution < 1.29 is 0 Å². The Morgan fingerprint density at radius 1 is 1.33 bits per heavy atom. The number of H-pyrrole nitrogens is 1. The first kappa shape index (κ1) is 8.71. The van der Waals surface area contributed by atoms with Gasteiger partial charge in [0.15, 0.2) is 0 Å². The van der Waals surface area contributed by atoms with Gasteiger partial charge in [-0.1, -0.05) is 0 Å². The van der Waals surface area contributed by atoms with Crippen LogP contribution in [0.1, 0.15) is 24.6 Å². The van der Waals surface area contributed by atoms with Gasteiger partial charge < -0.3 is 9.88 Å². The predicted octanol–water partition coefficient (Wildman–Crippen LogP) is 1.90. The van der Waals surface area contributed by atoms with Crippen LogP contribution in [-0.2, 0) is 0 Å². The van der Waals surface area contributed by atoms with Crippen LogP contribution in [0.5, 0.6) is 0 Å². The van der Waals surface area contributed by atoms with Crippen LogP contribution < -0.4 is 4.90 Å². The minimum atomic E-state index is 0.594. The van der Waals surface area contributed by atoms with Gasteiger partial charge in [-0.15, -0.1) is 0 Å². The Balaban J connectivity index is 2.23. The standard InChI is InChI=1S/C11H14N4/c1-15(2)11-8-5-6-12-10(8)13-9(14-11)7-3-4-7/h5-7H,3-4H2,1-2H3,(H,12,13,14). The molecular weight excluding hydrogens is 188 g/mol. The molecule has 1 aliphatic rings. The fraction of sp³-hybridized carbons (Fsp3) is 0.455. The van der Waals surface area contributed by atoms with Gasteiger partial charge in [0.1, 0.15) is 17.3 Å². The fourth-order valence-corrected chi connectivity index (χ4v) is 1.81. The molecule has 0 radical (unpaired) electrons. The molecule has 1 N–H and O–H groups in total. The van der Waals surface area contributed by atoms with E-state index in [2.05, 4.69) is 15.0 Å². The summed E-state index contributed by atoms with van der Waals surface area (Å²) in [4.78, 5) is 14.4. The van der Waals surface area contributed by atoms with Crippen LogP contribution in [0.15, 0.2) is 12.3 Å². The van der Waals surface area contributed by atoms with Crippen LogP contribution in [0.3, 0.4) is 0 Å². The van der Waals surface area contributed by atoms with Crippen molar-refractivity contribution in [3.05, 3.63) is 18.1 Å². The van der Waals surface area contributed by atoms with Crippen molar-refractivity contribution in [3.63, 3.8) is 0 Å². The van der Waals surface area contributed by atoms with E-state index in [4.69, 9.17) is 0 Å². The molecule has 1 aliphatic carbocycles. The number of hydrogen-bond donors (Lipinski definition) is 1. The van der Waals surface area contributed by atoms with Crippen molar-refractivity contribution in [2.45, 2.75) is 18.8 Å². The summed E-state index contributed by atoms with van der Waals surface area (Å²) in [5.41, 5.74) is 0.954. The molecule has 2 aromatic heterocycles. The zero-order valence-electron chi connectivity index (χ0n) is 8.99. The van der Waals surface area contributed by atoms with Gasteiger partial charge in [-0.3, -0.25) is 0 Å². The number of fused-ring (bicyclic) bond motifs is 1. The van der Waals surface area contributed by atoms with Gasteiger partial charge in [0, 0.05) is 26.2 Å². The molecule has 78 valence electrons. The molecule has 0 atom stereocenters. The van der Waals surface area contributed by atoms with Crippen LogP contribution in [0.25, 0.3) is 11.0 Å². The molecule has 0 saturated heterocycles. The quantitative estimate of drug-likeness (QED) is 0.809. The molecule has 0 aliphatic heterocycles. The minimum Gasteiger partial charge on any atom is -0.362 e. The lowest BCUT2D eigenvalue weighted by Crippen LogP contribution is -2.12. The molecule has 1 saturated carbocycles.